The number of aromatic nitrogens is 6. The molecule has 5 aromatic carbocycles. The average Bonchev–Trinajstić information content (AvgIpc) is 1.73. The number of imidazole rings is 1. The molecule has 0 radical (unpaired) electrons. The molecular weight excluding hydrogens is 1370 g/mol. The normalized spacial score (nSPS) is 11.9. The van der Waals surface area contributed by atoms with Crippen LogP contribution in [0.15, 0.2) is 138 Å². The number of rotatable bonds is 26. The van der Waals surface area contributed by atoms with Crippen LogP contribution in [0, 0.1) is 17.2 Å². The summed E-state index contributed by atoms with van der Waals surface area (Å²) in [5, 5.41) is 14.5. The third kappa shape index (κ3) is 24.2. The summed E-state index contributed by atoms with van der Waals surface area (Å²) in [5.74, 6) is 1.24. The van der Waals surface area contributed by atoms with Crippen molar-refractivity contribution in [3.63, 3.8) is 0 Å². The molecule has 0 fully saturated rings. The lowest BCUT2D eigenvalue weighted by molar-refractivity contribution is 0.0280. The van der Waals surface area contributed by atoms with Gasteiger partial charge in [-0.15, -0.1) is 0 Å². The Labute approximate surface area is 602 Å². The van der Waals surface area contributed by atoms with Crippen molar-refractivity contribution < 1.29 is 33.3 Å². The van der Waals surface area contributed by atoms with E-state index in [1.165, 1.54) is 5.56 Å². The van der Waals surface area contributed by atoms with Crippen LogP contribution in [-0.4, -0.2) is 119 Å². The molecule has 99 heavy (non-hydrogen) atoms. The van der Waals surface area contributed by atoms with Crippen LogP contribution in [0.25, 0.3) is 0 Å². The van der Waals surface area contributed by atoms with Crippen LogP contribution in [0.2, 0.25) is 25.4 Å². The van der Waals surface area contributed by atoms with Gasteiger partial charge in [0.15, 0.2) is 79.9 Å². The Morgan fingerprint density at radius 1 is 0.707 bits per heavy atom. The number of benzene rings is 5. The number of amides is 2. The Balaban J connectivity index is 0.000000243. The van der Waals surface area contributed by atoms with E-state index < -0.39 is 17.2 Å². The van der Waals surface area contributed by atoms with Crippen molar-refractivity contribution in [1.82, 2.24) is 39.7 Å². The van der Waals surface area contributed by atoms with Gasteiger partial charge in [-0.2, -0.15) is 10.3 Å². The van der Waals surface area contributed by atoms with Crippen LogP contribution in [0.1, 0.15) is 102 Å². The summed E-state index contributed by atoms with van der Waals surface area (Å²) >= 11 is 30.1. The largest absolute Gasteiger partial charge is 0.493 e. The first-order valence-corrected chi connectivity index (χ1v) is 32.9. The summed E-state index contributed by atoms with van der Waals surface area (Å²) in [6, 6.07) is 37.1. The molecule has 0 bridgehead atoms. The van der Waals surface area contributed by atoms with Crippen LogP contribution >= 0.6 is 58.0 Å². The molecule has 0 aliphatic rings. The molecular formula is C69H85Cl5N18O7. The smallest absolute Gasteiger partial charge is 0.302 e. The molecule has 2 amide bonds. The predicted molar refractivity (Wildman–Crippen MR) is 394 cm³/mol. The fraction of sp³-hybridized carbons (Fsp3) is 0.333. The van der Waals surface area contributed by atoms with E-state index in [-0.39, 0.29) is 69.1 Å². The summed E-state index contributed by atoms with van der Waals surface area (Å²) < 4.78 is 29.7. The lowest BCUT2D eigenvalue weighted by Gasteiger charge is -2.32. The van der Waals surface area contributed by atoms with E-state index in [1.54, 1.807) is 47.0 Å². The van der Waals surface area contributed by atoms with E-state index >= 15 is 0 Å². The van der Waals surface area contributed by atoms with Gasteiger partial charge >= 0.3 is 5.91 Å². The predicted octanol–water partition coefficient (Wildman–Crippen LogP) is 11.8. The topological polar surface area (TPSA) is 373 Å². The number of ether oxygens (including phenoxy) is 5. The number of hydrogen-bond acceptors (Lipinski definition) is 19. The second kappa shape index (κ2) is 39.9. The SMILES string of the molecule is CCN(c1nc(N)c(C(=O)N=C(N)N)nc1Cl)C(C)C.COc1ccc(CCN(C)CCCC(C#N)(c2ccc(OC)c(OC)c2)C(C)C)cc1OC.Clc1ccc(COC(Cn2ccnc2)c2ccc(Cl)cc2Cl)cc1.NC(=NCc1ccccc1)NC(=O)c1nc(Cl)c(N)nc1N. The minimum atomic E-state index is -0.781. The zero-order chi connectivity index (χ0) is 72.9. The van der Waals surface area contributed by atoms with Crippen LogP contribution in [0.3, 0.4) is 0 Å². The number of guanidine groups is 2. The molecule has 2 atom stereocenters. The minimum absolute atomic E-state index is 0.0542. The molecule has 0 aliphatic carbocycles. The number of carbonyl (C=O) groups is 2. The van der Waals surface area contributed by atoms with Gasteiger partial charge in [0, 0.05) is 52.2 Å². The highest BCUT2D eigenvalue weighted by atomic mass is 35.5. The average molecular weight is 1460 g/mol. The van der Waals surface area contributed by atoms with Crippen molar-refractivity contribution >= 4 is 105 Å². The zero-order valence-electron chi connectivity index (χ0n) is 56.9. The van der Waals surface area contributed by atoms with Crippen molar-refractivity contribution in [1.29, 1.82) is 5.26 Å². The number of methoxy groups -OCH3 is 4. The number of nitriles is 1. The molecule has 8 aromatic rings. The van der Waals surface area contributed by atoms with Crippen LogP contribution < -0.4 is 63.6 Å². The summed E-state index contributed by atoms with van der Waals surface area (Å²) in [6.45, 7) is 14.0. The molecule has 2 unspecified atom stereocenters. The Morgan fingerprint density at radius 2 is 1.32 bits per heavy atom. The first-order valence-electron chi connectivity index (χ1n) is 31.0. The van der Waals surface area contributed by atoms with Crippen molar-refractivity contribution in [2.75, 3.05) is 77.2 Å². The monoisotopic (exact) mass is 1450 g/mol. The quantitative estimate of drug-likeness (QED) is 0.0196. The Hall–Kier alpha value is -9.39. The number of nitrogens with two attached hydrogens (primary N) is 6. The standard InChI is InChI=1S/C27H38N2O4.C18H15Cl3N2O.C13H14ClN7O.C11H18ClN7O/c1-20(2)27(19-28,22-10-12-24(31-5)26(18-22)33-7)14-8-15-29(3)16-13-21-9-11-23(30-4)25(17-21)32-6;19-14-3-1-13(2-4-14)11-24-18(10-23-8-7-22-12-23)16-6-5-15(20)9-17(16)21;14-9-11(16)20-10(15)8(19-9)12(22)21-13(17)18-6-7-4-2-1-3-5-7;1-4-19(5(2)3)9-7(12)16-6(8(13)17-9)10(20)18-11(14)15/h9-12,17-18,20H,8,13-16H2,1-7H3;1-9,12,18H,10-11H2;1-5H,6H2,(H4,15,16,20)(H3,17,18,21,22);5H,4H2,1-3H3,(H2,13,17)(H4,14,15,18,20). The van der Waals surface area contributed by atoms with Gasteiger partial charge in [-0.25, -0.2) is 29.9 Å². The fourth-order valence-corrected chi connectivity index (χ4v) is 10.9. The zero-order valence-corrected chi connectivity index (χ0v) is 60.6. The molecule has 0 saturated heterocycles. The van der Waals surface area contributed by atoms with E-state index in [1.807, 2.05) is 133 Å². The van der Waals surface area contributed by atoms with Gasteiger partial charge < -0.3 is 72.5 Å². The van der Waals surface area contributed by atoms with E-state index in [0.717, 1.165) is 66.1 Å². The van der Waals surface area contributed by atoms with Gasteiger partial charge in [0.05, 0.1) is 65.9 Å². The number of aliphatic imine (C=N–C) groups is 2. The highest BCUT2D eigenvalue weighted by Crippen LogP contribution is 2.41. The third-order valence-electron chi connectivity index (χ3n) is 15.2. The van der Waals surface area contributed by atoms with Crippen molar-refractivity contribution in [3.8, 4) is 29.1 Å². The van der Waals surface area contributed by atoms with Gasteiger partial charge in [-0.05, 0) is 130 Å². The number of nitrogen functional groups attached to an aromatic ring is 3. The third-order valence-corrected chi connectivity index (χ3v) is 16.5. The number of nitrogens with one attached hydrogen (secondary N) is 1. The maximum Gasteiger partial charge on any atom is 0.302 e. The van der Waals surface area contributed by atoms with Crippen molar-refractivity contribution in [2.45, 2.75) is 91.1 Å². The molecule has 30 heteroatoms. The molecule has 0 aliphatic heterocycles. The van der Waals surface area contributed by atoms with E-state index in [9.17, 15) is 14.9 Å². The summed E-state index contributed by atoms with van der Waals surface area (Å²) in [5.41, 5.74) is 36.8. The lowest BCUT2D eigenvalue weighted by atomic mass is 9.69. The number of anilines is 4. The van der Waals surface area contributed by atoms with Gasteiger partial charge in [-0.3, -0.25) is 14.9 Å². The Bertz CT molecular complexity index is 4010. The summed E-state index contributed by atoms with van der Waals surface area (Å²) in [7, 11) is 8.67. The van der Waals surface area contributed by atoms with Crippen LogP contribution in [0.4, 0.5) is 23.3 Å². The van der Waals surface area contributed by atoms with Gasteiger partial charge in [-0.1, -0.05) is 133 Å². The number of likely N-dealkylation sites (N-methyl/N-ethyl adjacent to an activating group) is 1. The van der Waals surface area contributed by atoms with E-state index in [0.29, 0.717) is 58.6 Å². The van der Waals surface area contributed by atoms with Gasteiger partial charge in [0.1, 0.15) is 6.10 Å². The highest BCUT2D eigenvalue weighted by Gasteiger charge is 2.36. The summed E-state index contributed by atoms with van der Waals surface area (Å²) in [6.07, 6.45) is 7.77. The van der Waals surface area contributed by atoms with Gasteiger partial charge in [0.2, 0.25) is 0 Å². The van der Waals surface area contributed by atoms with Crippen LogP contribution in [-0.2, 0) is 36.3 Å². The van der Waals surface area contributed by atoms with Crippen LogP contribution in [0.5, 0.6) is 23.0 Å². The Morgan fingerprint density at radius 3 is 1.91 bits per heavy atom. The van der Waals surface area contributed by atoms with Crippen molar-refractivity contribution in [2.24, 2.45) is 33.1 Å². The fourth-order valence-electron chi connectivity index (χ4n) is 9.86. The second-order valence-electron chi connectivity index (χ2n) is 22.6. The molecule has 8 rings (SSSR count). The molecule has 3 heterocycles. The maximum absolute atomic E-state index is 12.0. The maximum atomic E-state index is 12.0. The first-order chi connectivity index (χ1) is 47.2. The van der Waals surface area contributed by atoms with Gasteiger partial charge in [0.25, 0.3) is 5.91 Å². The second-order valence-corrected chi connectivity index (χ2v) is 24.6. The van der Waals surface area contributed by atoms with E-state index in [4.69, 9.17) is 116 Å². The molecule has 25 nitrogen and oxygen atoms in total. The number of hydrogen-bond donors (Lipinski definition) is 7. The minimum Gasteiger partial charge on any atom is -0.493 e. The number of nitrogens with zero attached hydrogens (tertiary/aromatic N) is 11. The van der Waals surface area contributed by atoms with Crippen molar-refractivity contribution in [3.05, 3.63) is 192 Å². The number of carbonyl (C=O) groups excluding carboxylic acids is 2. The number of halogens is 5. The lowest BCUT2D eigenvalue weighted by Crippen LogP contribution is -2.37. The molecule has 13 N–H and O–H groups in total. The molecule has 3 aromatic heterocycles. The molecule has 0 spiro atoms. The first kappa shape index (κ1) is 80.3. The summed E-state index contributed by atoms with van der Waals surface area (Å²) in [4.78, 5) is 55.0. The molecule has 0 saturated carbocycles. The Kier molecular flexibility index (Phi) is 32.3. The van der Waals surface area contributed by atoms with E-state index in [2.05, 4.69) is 78.2 Å². The highest BCUT2D eigenvalue weighted by molar-refractivity contribution is 6.35. The molecule has 528 valence electrons.